The van der Waals surface area contributed by atoms with Gasteiger partial charge >= 0.3 is 0 Å². The molecule has 0 amide bonds. The predicted octanol–water partition coefficient (Wildman–Crippen LogP) is 3.70. The molecule has 0 aliphatic carbocycles. The summed E-state index contributed by atoms with van der Waals surface area (Å²) in [5, 5.41) is 3.06. The average Bonchev–Trinajstić information content (AvgIpc) is 3.03. The molecule has 0 aliphatic heterocycles. The molecule has 1 heterocycles. The van der Waals surface area contributed by atoms with Gasteiger partial charge in [-0.05, 0) is 42.4 Å². The van der Waals surface area contributed by atoms with Crippen molar-refractivity contribution in [3.8, 4) is 22.5 Å². The lowest BCUT2D eigenvalue weighted by molar-refractivity contribution is 0.507. The summed E-state index contributed by atoms with van der Waals surface area (Å²) in [7, 11) is -1.38. The Morgan fingerprint density at radius 3 is 1.96 bits per heavy atom. The van der Waals surface area contributed by atoms with Crippen molar-refractivity contribution in [2.75, 3.05) is 18.0 Å². The largest absolute Gasteiger partial charge is 0.460 e. The van der Waals surface area contributed by atoms with E-state index in [9.17, 15) is 8.42 Å². The second-order valence-corrected chi connectivity index (χ2v) is 7.57. The molecule has 0 aliphatic rings. The number of rotatable bonds is 6. The topological polar surface area (TPSA) is 71.3 Å². The number of benzene rings is 2. The van der Waals surface area contributed by atoms with E-state index in [0.29, 0.717) is 12.2 Å². The molecule has 3 rings (SSSR count). The SMILES string of the molecule is CNCc1ccc(-c2ccc(-c3ccc(NS(C)(=O)=O)cc3)cc2)o1. The standard InChI is InChI=1S/C19H20N2O3S/c1-20-13-18-11-12-19(24-18)16-5-3-14(4-6-16)15-7-9-17(10-8-15)21-25(2,22)23/h3-12,20-21H,13H2,1-2H3. The van der Waals surface area contributed by atoms with Crippen LogP contribution in [-0.2, 0) is 16.6 Å². The van der Waals surface area contributed by atoms with Crippen molar-refractivity contribution in [3.05, 3.63) is 66.4 Å². The van der Waals surface area contributed by atoms with Gasteiger partial charge in [0.05, 0.1) is 12.8 Å². The summed E-state index contributed by atoms with van der Waals surface area (Å²) in [6, 6.07) is 19.3. The van der Waals surface area contributed by atoms with Gasteiger partial charge < -0.3 is 9.73 Å². The molecular weight excluding hydrogens is 336 g/mol. The molecule has 1 aromatic heterocycles. The van der Waals surface area contributed by atoms with Crippen molar-refractivity contribution < 1.29 is 12.8 Å². The normalized spacial score (nSPS) is 11.4. The maximum absolute atomic E-state index is 11.2. The minimum atomic E-state index is -3.26. The molecule has 0 atom stereocenters. The van der Waals surface area contributed by atoms with Crippen LogP contribution in [0.3, 0.4) is 0 Å². The van der Waals surface area contributed by atoms with E-state index in [2.05, 4.69) is 10.0 Å². The first-order valence-electron chi connectivity index (χ1n) is 7.86. The maximum atomic E-state index is 11.2. The highest BCUT2D eigenvalue weighted by molar-refractivity contribution is 7.92. The molecule has 6 heteroatoms. The third-order valence-electron chi connectivity index (χ3n) is 3.70. The Balaban J connectivity index is 1.77. The fourth-order valence-electron chi connectivity index (χ4n) is 2.57. The van der Waals surface area contributed by atoms with Gasteiger partial charge in [0.15, 0.2) is 0 Å². The number of sulfonamides is 1. The van der Waals surface area contributed by atoms with Crippen LogP contribution in [0.25, 0.3) is 22.5 Å². The number of hydrogen-bond acceptors (Lipinski definition) is 4. The van der Waals surface area contributed by atoms with Gasteiger partial charge in [0.1, 0.15) is 11.5 Å². The second-order valence-electron chi connectivity index (χ2n) is 5.83. The Labute approximate surface area is 147 Å². The van der Waals surface area contributed by atoms with Crippen molar-refractivity contribution in [3.63, 3.8) is 0 Å². The van der Waals surface area contributed by atoms with Crippen LogP contribution in [0, 0.1) is 0 Å². The lowest BCUT2D eigenvalue weighted by Crippen LogP contribution is -2.09. The van der Waals surface area contributed by atoms with Crippen molar-refractivity contribution in [1.29, 1.82) is 0 Å². The molecule has 0 fully saturated rings. The van der Waals surface area contributed by atoms with Crippen molar-refractivity contribution >= 4 is 15.7 Å². The van der Waals surface area contributed by atoms with Crippen molar-refractivity contribution in [2.45, 2.75) is 6.54 Å². The van der Waals surface area contributed by atoms with E-state index < -0.39 is 10.0 Å². The number of hydrogen-bond donors (Lipinski definition) is 2. The van der Waals surface area contributed by atoms with E-state index in [0.717, 1.165) is 34.5 Å². The van der Waals surface area contributed by atoms with Crippen LogP contribution >= 0.6 is 0 Å². The van der Waals surface area contributed by atoms with Crippen LogP contribution < -0.4 is 10.0 Å². The first kappa shape index (κ1) is 17.3. The summed E-state index contributed by atoms with van der Waals surface area (Å²) >= 11 is 0. The van der Waals surface area contributed by atoms with Crippen molar-refractivity contribution in [2.24, 2.45) is 0 Å². The number of nitrogens with one attached hydrogen (secondary N) is 2. The van der Waals surface area contributed by atoms with Gasteiger partial charge in [-0.25, -0.2) is 8.42 Å². The van der Waals surface area contributed by atoms with Gasteiger partial charge in [0.2, 0.25) is 10.0 Å². The molecule has 0 spiro atoms. The van der Waals surface area contributed by atoms with E-state index in [1.165, 1.54) is 0 Å². The Morgan fingerprint density at radius 1 is 0.840 bits per heavy atom. The zero-order valence-corrected chi connectivity index (χ0v) is 14.9. The summed E-state index contributed by atoms with van der Waals surface area (Å²) in [4.78, 5) is 0. The Hall–Kier alpha value is -2.57. The minimum Gasteiger partial charge on any atom is -0.460 e. The van der Waals surface area contributed by atoms with Crippen LogP contribution in [0.4, 0.5) is 5.69 Å². The number of anilines is 1. The molecule has 5 nitrogen and oxygen atoms in total. The van der Waals surface area contributed by atoms with Gasteiger partial charge in [0.25, 0.3) is 0 Å². The summed E-state index contributed by atoms with van der Waals surface area (Å²) in [6.07, 6.45) is 1.14. The lowest BCUT2D eigenvalue weighted by atomic mass is 10.0. The third kappa shape index (κ3) is 4.49. The van der Waals surface area contributed by atoms with E-state index >= 15 is 0 Å². The zero-order valence-electron chi connectivity index (χ0n) is 14.1. The molecule has 130 valence electrons. The highest BCUT2D eigenvalue weighted by Gasteiger charge is 2.06. The molecule has 25 heavy (non-hydrogen) atoms. The first-order chi connectivity index (χ1) is 11.9. The summed E-state index contributed by atoms with van der Waals surface area (Å²) in [6.45, 7) is 0.700. The van der Waals surface area contributed by atoms with E-state index in [-0.39, 0.29) is 0 Å². The van der Waals surface area contributed by atoms with Gasteiger partial charge in [-0.15, -0.1) is 0 Å². The minimum absolute atomic E-state index is 0.551. The smallest absolute Gasteiger partial charge is 0.229 e. The molecule has 2 N–H and O–H groups in total. The Kier molecular flexibility index (Phi) is 4.92. The van der Waals surface area contributed by atoms with Crippen LogP contribution in [0.5, 0.6) is 0 Å². The van der Waals surface area contributed by atoms with Crippen LogP contribution in [0.15, 0.2) is 65.1 Å². The van der Waals surface area contributed by atoms with Crippen LogP contribution in [-0.4, -0.2) is 21.7 Å². The molecule has 0 unspecified atom stereocenters. The van der Waals surface area contributed by atoms with Gasteiger partial charge in [0, 0.05) is 11.3 Å². The highest BCUT2D eigenvalue weighted by atomic mass is 32.2. The fourth-order valence-corrected chi connectivity index (χ4v) is 3.14. The van der Waals surface area contributed by atoms with Crippen molar-refractivity contribution in [1.82, 2.24) is 5.32 Å². The average molecular weight is 356 g/mol. The lowest BCUT2D eigenvalue weighted by Gasteiger charge is -2.06. The Bertz CT molecular complexity index is 943. The molecule has 2 aromatic carbocycles. The fraction of sp³-hybridized carbons (Fsp3) is 0.158. The highest BCUT2D eigenvalue weighted by Crippen LogP contribution is 2.27. The quantitative estimate of drug-likeness (QED) is 0.706. The molecular formula is C19H20N2O3S. The van der Waals surface area contributed by atoms with Gasteiger partial charge in [-0.3, -0.25) is 4.72 Å². The molecule has 0 saturated heterocycles. The van der Waals surface area contributed by atoms with Gasteiger partial charge in [-0.1, -0.05) is 36.4 Å². The molecule has 0 saturated carbocycles. The van der Waals surface area contributed by atoms with Gasteiger partial charge in [-0.2, -0.15) is 0 Å². The summed E-state index contributed by atoms with van der Waals surface area (Å²) in [5.74, 6) is 1.74. The summed E-state index contributed by atoms with van der Waals surface area (Å²) < 4.78 is 30.7. The van der Waals surface area contributed by atoms with E-state index in [1.54, 1.807) is 12.1 Å². The monoisotopic (exact) mass is 356 g/mol. The van der Waals surface area contributed by atoms with E-state index in [1.807, 2.05) is 55.6 Å². The first-order valence-corrected chi connectivity index (χ1v) is 9.76. The third-order valence-corrected chi connectivity index (χ3v) is 4.31. The maximum Gasteiger partial charge on any atom is 0.229 e. The van der Waals surface area contributed by atoms with E-state index in [4.69, 9.17) is 4.42 Å². The number of furan rings is 1. The van der Waals surface area contributed by atoms with Crippen LogP contribution in [0.1, 0.15) is 5.76 Å². The molecule has 0 radical (unpaired) electrons. The Morgan fingerprint density at radius 2 is 1.40 bits per heavy atom. The summed E-state index contributed by atoms with van der Waals surface area (Å²) in [5.41, 5.74) is 3.63. The molecule has 0 bridgehead atoms. The predicted molar refractivity (Wildman–Crippen MR) is 101 cm³/mol. The zero-order chi connectivity index (χ0) is 17.9. The second kappa shape index (κ2) is 7.13. The van der Waals surface area contributed by atoms with Crippen LogP contribution in [0.2, 0.25) is 0 Å². The molecule has 3 aromatic rings.